The van der Waals surface area contributed by atoms with Crippen LogP contribution in [0.4, 0.5) is 0 Å². The fourth-order valence-electron chi connectivity index (χ4n) is 2.27. The number of phosphoric ester groups is 1. The minimum atomic E-state index is -5.13. The van der Waals surface area contributed by atoms with Crippen LogP contribution >= 0.6 is 15.6 Å². The van der Waals surface area contributed by atoms with Crippen LogP contribution in [0.5, 0.6) is 0 Å². The molecule has 0 aliphatic rings. The normalized spacial score (nSPS) is 18.3. The molecule has 9 heteroatoms. The lowest BCUT2D eigenvalue weighted by Crippen LogP contribution is -1.94. The maximum atomic E-state index is 11.4. The van der Waals surface area contributed by atoms with Crippen molar-refractivity contribution in [2.75, 3.05) is 6.61 Å². The van der Waals surface area contributed by atoms with E-state index >= 15 is 0 Å². The smallest absolute Gasteiger partial charge is 0.302 e. The molecule has 0 aromatic heterocycles. The third-order valence-corrected chi connectivity index (χ3v) is 6.01. The first kappa shape index (κ1) is 26.3. The van der Waals surface area contributed by atoms with E-state index in [0.29, 0.717) is 11.5 Å². The molecule has 0 aliphatic heterocycles. The molecule has 0 heterocycles. The van der Waals surface area contributed by atoms with E-state index in [1.165, 1.54) is 17.2 Å². The standard InChI is InChI=1S/C20H36O7P2/c1-17(2)9-6-10-18(3)11-7-12-19(4)13-8-14-20(5)15-16-26-29(24,25)27-28(21,22)23/h8-9,11,13,15,19H,6-7,10,12,14,16H2,1-5H3,(H,24,25)(H2,21,22,23)/b13-8+,18-11+,20-15+/i14D. The van der Waals surface area contributed by atoms with Gasteiger partial charge in [-0.2, -0.15) is 4.31 Å². The zero-order chi connectivity index (χ0) is 23.4. The molecular weight excluding hydrogens is 414 g/mol. The van der Waals surface area contributed by atoms with Crippen LogP contribution in [0.2, 0.25) is 0 Å². The zero-order valence-corrected chi connectivity index (χ0v) is 19.7. The summed E-state index contributed by atoms with van der Waals surface area (Å²) in [5.74, 6) is 0.304. The van der Waals surface area contributed by atoms with Crippen molar-refractivity contribution in [2.24, 2.45) is 5.92 Å². The summed E-state index contributed by atoms with van der Waals surface area (Å²) in [6.45, 7) is 9.69. The lowest BCUT2D eigenvalue weighted by Gasteiger charge is -2.11. The summed E-state index contributed by atoms with van der Waals surface area (Å²) in [5, 5.41) is 0. The second-order valence-electron chi connectivity index (χ2n) is 7.26. The summed E-state index contributed by atoms with van der Waals surface area (Å²) in [7, 11) is -9.99. The van der Waals surface area contributed by atoms with Gasteiger partial charge in [0.15, 0.2) is 0 Å². The van der Waals surface area contributed by atoms with Gasteiger partial charge in [-0.1, -0.05) is 54.0 Å². The van der Waals surface area contributed by atoms with Crippen LogP contribution in [0.3, 0.4) is 0 Å². The molecule has 0 fully saturated rings. The molecule has 0 spiro atoms. The van der Waals surface area contributed by atoms with Gasteiger partial charge in [0.25, 0.3) is 0 Å². The van der Waals surface area contributed by atoms with E-state index in [2.05, 4.69) is 48.7 Å². The predicted octanol–water partition coefficient (Wildman–Crippen LogP) is 6.21. The summed E-state index contributed by atoms with van der Waals surface area (Å²) >= 11 is 0. The Morgan fingerprint density at radius 1 is 1.03 bits per heavy atom. The number of allylic oxidation sites excluding steroid dienone is 7. The minimum Gasteiger partial charge on any atom is -0.302 e. The van der Waals surface area contributed by atoms with E-state index in [1.807, 2.05) is 6.08 Å². The topological polar surface area (TPSA) is 113 Å². The average molecular weight is 451 g/mol. The van der Waals surface area contributed by atoms with Crippen molar-refractivity contribution < 1.29 is 34.0 Å². The average Bonchev–Trinajstić information content (AvgIpc) is 2.56. The van der Waals surface area contributed by atoms with E-state index in [1.54, 1.807) is 13.0 Å². The third kappa shape index (κ3) is 19.0. The summed E-state index contributed by atoms with van der Waals surface area (Å²) in [4.78, 5) is 26.3. The molecule has 7 nitrogen and oxygen atoms in total. The van der Waals surface area contributed by atoms with Crippen molar-refractivity contribution in [1.82, 2.24) is 0 Å². The van der Waals surface area contributed by atoms with Gasteiger partial charge in [-0.15, -0.1) is 0 Å². The summed E-state index contributed by atoms with van der Waals surface area (Å²) < 4.78 is 38.2. The Kier molecular flexibility index (Phi) is 12.9. The molecule has 29 heavy (non-hydrogen) atoms. The number of phosphoric acid groups is 2. The highest BCUT2D eigenvalue weighted by Crippen LogP contribution is 2.57. The SMILES string of the molecule is [2H]C(/C=C/C(C)CC/C=C(\C)CCC=C(C)C)/C(C)=C/COP(=O)(O)OP(=O)(O)O. The number of rotatable bonds is 14. The lowest BCUT2D eigenvalue weighted by atomic mass is 10.0. The Bertz CT molecular complexity index is 733. The zero-order valence-electron chi connectivity index (χ0n) is 18.9. The van der Waals surface area contributed by atoms with Crippen molar-refractivity contribution in [3.63, 3.8) is 0 Å². The van der Waals surface area contributed by atoms with Crippen molar-refractivity contribution in [2.45, 2.75) is 66.7 Å². The van der Waals surface area contributed by atoms with E-state index < -0.39 is 28.6 Å². The predicted molar refractivity (Wildman–Crippen MR) is 117 cm³/mol. The first-order chi connectivity index (χ1) is 13.7. The van der Waals surface area contributed by atoms with Crippen molar-refractivity contribution >= 4 is 15.6 Å². The monoisotopic (exact) mass is 451 g/mol. The van der Waals surface area contributed by atoms with Crippen LogP contribution in [0.1, 0.15) is 68.1 Å². The van der Waals surface area contributed by atoms with Gasteiger partial charge >= 0.3 is 15.6 Å². The van der Waals surface area contributed by atoms with Gasteiger partial charge in [0.05, 0.1) is 6.61 Å². The molecule has 168 valence electrons. The van der Waals surface area contributed by atoms with Gasteiger partial charge in [0.2, 0.25) is 0 Å². The second-order valence-corrected chi connectivity index (χ2v) is 10.1. The van der Waals surface area contributed by atoms with Gasteiger partial charge in [-0.05, 0) is 65.7 Å². The Morgan fingerprint density at radius 2 is 1.69 bits per heavy atom. The van der Waals surface area contributed by atoms with E-state index in [-0.39, 0.29) is 0 Å². The largest absolute Gasteiger partial charge is 0.481 e. The van der Waals surface area contributed by atoms with Crippen molar-refractivity contribution in [3.05, 3.63) is 47.1 Å². The van der Waals surface area contributed by atoms with Crippen LogP contribution < -0.4 is 0 Å². The number of hydrogen-bond acceptors (Lipinski definition) is 4. The van der Waals surface area contributed by atoms with Gasteiger partial charge in [-0.3, -0.25) is 4.52 Å². The highest BCUT2D eigenvalue weighted by atomic mass is 31.3. The summed E-state index contributed by atoms with van der Waals surface area (Å²) in [5.41, 5.74) is 3.29. The molecule has 0 bridgehead atoms. The maximum absolute atomic E-state index is 11.4. The Labute approximate surface area is 176 Å². The van der Waals surface area contributed by atoms with Gasteiger partial charge < -0.3 is 14.7 Å². The van der Waals surface area contributed by atoms with E-state index in [9.17, 15) is 14.0 Å². The molecule has 0 aromatic carbocycles. The lowest BCUT2D eigenvalue weighted by molar-refractivity contribution is 0.191. The van der Waals surface area contributed by atoms with E-state index in [4.69, 9.17) is 11.2 Å². The molecule has 0 aliphatic carbocycles. The van der Waals surface area contributed by atoms with Gasteiger partial charge in [0.1, 0.15) is 0 Å². The molecule has 3 atom stereocenters. The van der Waals surface area contributed by atoms with Crippen LogP contribution in [0.25, 0.3) is 0 Å². The second kappa shape index (κ2) is 14.3. The van der Waals surface area contributed by atoms with Crippen LogP contribution in [0, 0.1) is 5.92 Å². The maximum Gasteiger partial charge on any atom is 0.481 e. The Hall–Kier alpha value is -0.780. The highest BCUT2D eigenvalue weighted by molar-refractivity contribution is 7.60. The van der Waals surface area contributed by atoms with Crippen LogP contribution in [-0.2, 0) is 18.0 Å². The molecule has 0 aromatic rings. The number of hydrogen-bond donors (Lipinski definition) is 3. The summed E-state index contributed by atoms with van der Waals surface area (Å²) in [6, 6.07) is 0. The Morgan fingerprint density at radius 3 is 2.28 bits per heavy atom. The molecule has 3 unspecified atom stereocenters. The van der Waals surface area contributed by atoms with Crippen molar-refractivity contribution in [3.8, 4) is 0 Å². The fourth-order valence-corrected chi connectivity index (χ4v) is 3.79. The molecule has 0 radical (unpaired) electrons. The highest BCUT2D eigenvalue weighted by Gasteiger charge is 2.31. The minimum absolute atomic E-state index is 0.304. The fraction of sp³-hybridized carbons (Fsp3) is 0.600. The quantitative estimate of drug-likeness (QED) is 0.212. The third-order valence-electron chi connectivity index (χ3n) is 3.86. The molecule has 0 saturated heterocycles. The molecule has 0 saturated carbocycles. The molecular formula is C20H36O7P2. The van der Waals surface area contributed by atoms with E-state index in [0.717, 1.165) is 25.7 Å². The Balaban J connectivity index is 4.41. The first-order valence-electron chi connectivity index (χ1n) is 10.1. The summed E-state index contributed by atoms with van der Waals surface area (Å²) in [6.07, 6.45) is 13.0. The van der Waals surface area contributed by atoms with Gasteiger partial charge in [0, 0.05) is 1.37 Å². The van der Waals surface area contributed by atoms with Gasteiger partial charge in [-0.25, -0.2) is 9.13 Å². The van der Waals surface area contributed by atoms with Crippen LogP contribution in [-0.4, -0.2) is 21.3 Å². The first-order valence-corrected chi connectivity index (χ1v) is 12.5. The molecule has 0 amide bonds. The van der Waals surface area contributed by atoms with Crippen molar-refractivity contribution in [1.29, 1.82) is 0 Å². The van der Waals surface area contributed by atoms with Crippen LogP contribution in [0.15, 0.2) is 47.1 Å². The molecule has 0 rings (SSSR count). The molecule has 3 N–H and O–H groups in total.